The van der Waals surface area contributed by atoms with E-state index in [4.69, 9.17) is 10.5 Å². The van der Waals surface area contributed by atoms with Crippen molar-refractivity contribution in [3.05, 3.63) is 35.7 Å². The van der Waals surface area contributed by atoms with Crippen molar-refractivity contribution in [1.82, 2.24) is 4.98 Å². The lowest BCUT2D eigenvalue weighted by molar-refractivity contribution is -0.120. The molecule has 1 aliphatic heterocycles. The second kappa shape index (κ2) is 6.05. The maximum absolute atomic E-state index is 14.3. The molecule has 1 fully saturated rings. The molecule has 2 N–H and O–H groups in total. The summed E-state index contributed by atoms with van der Waals surface area (Å²) in [6.45, 7) is 1.45. The van der Waals surface area contributed by atoms with Gasteiger partial charge in [0.25, 0.3) is 0 Å². The summed E-state index contributed by atoms with van der Waals surface area (Å²) >= 11 is 1.33. The average Bonchev–Trinajstić information content (AvgIpc) is 3.15. The Labute approximate surface area is 135 Å². The number of cyclic esters (lactones) is 1. The van der Waals surface area contributed by atoms with Gasteiger partial charge in [0, 0.05) is 11.8 Å². The van der Waals surface area contributed by atoms with Crippen molar-refractivity contribution in [2.45, 2.75) is 19.1 Å². The topological polar surface area (TPSA) is 85.5 Å². The van der Waals surface area contributed by atoms with Crippen LogP contribution in [0.25, 0.3) is 10.4 Å². The number of thiazole rings is 1. The van der Waals surface area contributed by atoms with Gasteiger partial charge in [0.05, 0.1) is 22.6 Å². The second-order valence-electron chi connectivity index (χ2n) is 5.20. The Morgan fingerprint density at radius 3 is 2.96 bits per heavy atom. The van der Waals surface area contributed by atoms with Crippen molar-refractivity contribution in [2.24, 2.45) is 5.73 Å². The molecule has 0 radical (unpaired) electrons. The third-order valence-electron chi connectivity index (χ3n) is 3.67. The summed E-state index contributed by atoms with van der Waals surface area (Å²) < 4.78 is 19.4. The van der Waals surface area contributed by atoms with E-state index in [1.807, 2.05) is 0 Å². The fraction of sp³-hybridized carbons (Fsp3) is 0.267. The number of hydrogen-bond acceptors (Lipinski definition) is 6. The summed E-state index contributed by atoms with van der Waals surface area (Å²) in [5, 5.41) is 0. The maximum atomic E-state index is 14.3. The molecule has 6 nitrogen and oxygen atoms in total. The molecule has 1 aromatic heterocycles. The zero-order valence-electron chi connectivity index (χ0n) is 12.2. The number of aromatic nitrogens is 1. The first kappa shape index (κ1) is 15.6. The first-order valence-electron chi connectivity index (χ1n) is 6.90. The third kappa shape index (κ3) is 2.95. The molecule has 2 heterocycles. The highest BCUT2D eigenvalue weighted by Gasteiger charge is 2.37. The molecule has 0 bridgehead atoms. The molecule has 0 aliphatic carbocycles. The number of Topliss-reactive ketones (excluding diaryl/α,β-unsaturated/α-hetero) is 1. The molecule has 1 aliphatic rings. The van der Waals surface area contributed by atoms with Gasteiger partial charge in [-0.1, -0.05) is 0 Å². The number of carbonyl (C=O) groups excluding carboxylic acids is 2. The predicted molar refractivity (Wildman–Crippen MR) is 83.8 cm³/mol. The second-order valence-corrected chi connectivity index (χ2v) is 6.09. The van der Waals surface area contributed by atoms with Gasteiger partial charge >= 0.3 is 6.09 Å². The minimum Gasteiger partial charge on any atom is -0.442 e. The number of ketones is 1. The van der Waals surface area contributed by atoms with Crippen molar-refractivity contribution in [1.29, 1.82) is 0 Å². The summed E-state index contributed by atoms with van der Waals surface area (Å²) in [4.78, 5) is 29.1. The van der Waals surface area contributed by atoms with E-state index in [2.05, 4.69) is 4.98 Å². The Bertz CT molecular complexity index is 750. The minimum absolute atomic E-state index is 0.110. The molecule has 3 rings (SSSR count). The van der Waals surface area contributed by atoms with Crippen molar-refractivity contribution in [2.75, 3.05) is 11.4 Å². The first-order chi connectivity index (χ1) is 11.0. The van der Waals surface area contributed by atoms with Crippen molar-refractivity contribution >= 4 is 28.9 Å². The largest absolute Gasteiger partial charge is 0.442 e. The Kier molecular flexibility index (Phi) is 4.10. The lowest BCUT2D eigenvalue weighted by Gasteiger charge is -2.15. The molecule has 1 amide bonds. The lowest BCUT2D eigenvalue weighted by Crippen LogP contribution is -2.43. The molecular weight excluding hydrogens is 321 g/mol. The molecular formula is C15H14FN3O3S. The number of nitrogens with zero attached hydrogens (tertiary/aromatic N) is 2. The van der Waals surface area contributed by atoms with Gasteiger partial charge in [-0.25, -0.2) is 9.18 Å². The van der Waals surface area contributed by atoms with Gasteiger partial charge in [0.15, 0.2) is 0 Å². The summed E-state index contributed by atoms with van der Waals surface area (Å²) in [7, 11) is 0. The zero-order chi connectivity index (χ0) is 16.6. The van der Waals surface area contributed by atoms with E-state index in [1.165, 1.54) is 29.2 Å². The summed E-state index contributed by atoms with van der Waals surface area (Å²) in [6, 6.07) is 3.59. The molecule has 2 aromatic rings. The summed E-state index contributed by atoms with van der Waals surface area (Å²) in [5.74, 6) is -0.727. The van der Waals surface area contributed by atoms with Gasteiger partial charge in [-0.15, -0.1) is 11.3 Å². The van der Waals surface area contributed by atoms with Crippen LogP contribution >= 0.6 is 11.3 Å². The highest BCUT2D eigenvalue weighted by molar-refractivity contribution is 7.13. The summed E-state index contributed by atoms with van der Waals surface area (Å²) in [6.07, 6.45) is 0.204. The number of anilines is 1. The SMILES string of the molecule is CC(=O)C(N)C1CN(c2ccc(-c3cncs3)c(F)c2)C(=O)O1. The van der Waals surface area contributed by atoms with Crippen LogP contribution in [-0.2, 0) is 9.53 Å². The van der Waals surface area contributed by atoms with E-state index >= 15 is 0 Å². The van der Waals surface area contributed by atoms with E-state index in [0.29, 0.717) is 16.1 Å². The lowest BCUT2D eigenvalue weighted by atomic mass is 10.1. The van der Waals surface area contributed by atoms with Crippen molar-refractivity contribution in [3.8, 4) is 10.4 Å². The van der Waals surface area contributed by atoms with E-state index < -0.39 is 24.1 Å². The van der Waals surface area contributed by atoms with E-state index in [9.17, 15) is 14.0 Å². The maximum Gasteiger partial charge on any atom is 0.414 e. The van der Waals surface area contributed by atoms with Crippen molar-refractivity contribution in [3.63, 3.8) is 0 Å². The molecule has 8 heteroatoms. The quantitative estimate of drug-likeness (QED) is 0.926. The van der Waals surface area contributed by atoms with Gasteiger partial charge in [0.2, 0.25) is 0 Å². The molecule has 1 saturated heterocycles. The Balaban J connectivity index is 1.84. The van der Waals surface area contributed by atoms with Crippen LogP contribution in [0.1, 0.15) is 6.92 Å². The molecule has 2 atom stereocenters. The first-order valence-corrected chi connectivity index (χ1v) is 7.78. The number of halogens is 1. The number of rotatable bonds is 4. The number of benzene rings is 1. The fourth-order valence-electron chi connectivity index (χ4n) is 2.36. The van der Waals surface area contributed by atoms with Gasteiger partial charge < -0.3 is 10.5 Å². The van der Waals surface area contributed by atoms with Gasteiger partial charge in [-0.3, -0.25) is 14.7 Å². The predicted octanol–water partition coefficient (Wildman–Crippen LogP) is 2.19. The van der Waals surface area contributed by atoms with Crippen molar-refractivity contribution < 1.29 is 18.7 Å². The van der Waals surface area contributed by atoms with Gasteiger partial charge in [-0.05, 0) is 25.1 Å². The van der Waals surface area contributed by atoms with Crippen LogP contribution in [0.2, 0.25) is 0 Å². The number of amides is 1. The number of ether oxygens (including phenoxy) is 1. The number of carbonyl (C=O) groups is 2. The van der Waals surface area contributed by atoms with Crippen LogP contribution in [0.3, 0.4) is 0 Å². The van der Waals surface area contributed by atoms with Crippen LogP contribution in [0.5, 0.6) is 0 Å². The molecule has 0 saturated carbocycles. The highest BCUT2D eigenvalue weighted by Crippen LogP contribution is 2.31. The normalized spacial score (nSPS) is 18.8. The molecule has 2 unspecified atom stereocenters. The van der Waals surface area contributed by atoms with E-state index in [0.717, 1.165) is 0 Å². The Morgan fingerprint density at radius 1 is 1.57 bits per heavy atom. The van der Waals surface area contributed by atoms with Crippen LogP contribution < -0.4 is 10.6 Å². The van der Waals surface area contributed by atoms with Crippen LogP contribution in [0.15, 0.2) is 29.9 Å². The number of nitrogens with two attached hydrogens (primary N) is 1. The third-order valence-corrected chi connectivity index (χ3v) is 4.47. The monoisotopic (exact) mass is 335 g/mol. The average molecular weight is 335 g/mol. The zero-order valence-corrected chi connectivity index (χ0v) is 13.0. The van der Waals surface area contributed by atoms with Gasteiger partial charge in [0.1, 0.15) is 23.7 Å². The summed E-state index contributed by atoms with van der Waals surface area (Å²) in [5.41, 5.74) is 8.11. The molecule has 23 heavy (non-hydrogen) atoms. The standard InChI is InChI=1S/C15H14FN3O3S/c1-8(20)14(17)12-6-19(15(21)22-12)9-2-3-10(11(16)4-9)13-5-18-7-23-13/h2-5,7,12,14H,6,17H2,1H3. The van der Waals surface area contributed by atoms with Crippen LogP contribution in [0.4, 0.5) is 14.9 Å². The van der Waals surface area contributed by atoms with E-state index in [-0.39, 0.29) is 12.3 Å². The molecule has 0 spiro atoms. The Morgan fingerprint density at radius 2 is 2.35 bits per heavy atom. The van der Waals surface area contributed by atoms with Crippen LogP contribution in [-0.4, -0.2) is 35.6 Å². The van der Waals surface area contributed by atoms with Gasteiger partial charge in [-0.2, -0.15) is 0 Å². The molecule has 120 valence electrons. The fourth-order valence-corrected chi connectivity index (χ4v) is 3.01. The highest BCUT2D eigenvalue weighted by atomic mass is 32.1. The Hall–Kier alpha value is -2.32. The number of hydrogen-bond donors (Lipinski definition) is 1. The van der Waals surface area contributed by atoms with E-state index in [1.54, 1.807) is 23.8 Å². The minimum atomic E-state index is -0.884. The van der Waals surface area contributed by atoms with Crippen LogP contribution in [0, 0.1) is 5.82 Å². The smallest absolute Gasteiger partial charge is 0.414 e. The molecule has 1 aromatic carbocycles.